The van der Waals surface area contributed by atoms with Gasteiger partial charge in [0.1, 0.15) is 6.04 Å². The lowest BCUT2D eigenvalue weighted by atomic mass is 9.88. The highest BCUT2D eigenvalue weighted by Crippen LogP contribution is 2.22. The first kappa shape index (κ1) is 14.7. The predicted octanol–water partition coefficient (Wildman–Crippen LogP) is 0.955. The highest BCUT2D eigenvalue weighted by Gasteiger charge is 2.41. The maximum Gasteiger partial charge on any atom is 0.471 e. The van der Waals surface area contributed by atoms with E-state index in [-0.39, 0.29) is 6.42 Å². The highest BCUT2D eigenvalue weighted by molar-refractivity contribution is 5.89. The molecule has 0 saturated heterocycles. The molecule has 0 bridgehead atoms. The topological polar surface area (TPSA) is 72.2 Å². The van der Waals surface area contributed by atoms with Crippen LogP contribution in [0.3, 0.4) is 0 Å². The van der Waals surface area contributed by atoms with Gasteiger partial charge in [-0.1, -0.05) is 20.8 Å². The Hall–Kier alpha value is -1.27. The summed E-state index contributed by atoms with van der Waals surface area (Å²) >= 11 is 0. The monoisotopic (exact) mass is 240 g/mol. The van der Waals surface area contributed by atoms with Crippen LogP contribution in [0.15, 0.2) is 0 Å². The van der Waals surface area contributed by atoms with Crippen molar-refractivity contribution in [2.24, 2.45) is 11.1 Å². The van der Waals surface area contributed by atoms with Crippen molar-refractivity contribution < 1.29 is 22.8 Å². The van der Waals surface area contributed by atoms with E-state index in [0.717, 1.165) is 0 Å². The second-order valence-electron chi connectivity index (χ2n) is 4.69. The number of hydrogen-bond acceptors (Lipinski definition) is 2. The summed E-state index contributed by atoms with van der Waals surface area (Å²) in [6.07, 6.45) is -4.96. The van der Waals surface area contributed by atoms with Crippen molar-refractivity contribution in [3.63, 3.8) is 0 Å². The first-order valence-corrected chi connectivity index (χ1v) is 4.60. The fourth-order valence-electron chi connectivity index (χ4n) is 1.08. The molecule has 0 spiro atoms. The van der Waals surface area contributed by atoms with Crippen LogP contribution in [-0.4, -0.2) is 24.0 Å². The van der Waals surface area contributed by atoms with Crippen LogP contribution in [0.2, 0.25) is 0 Å². The SMILES string of the molecule is CC(C)(C)C[C@@H](NC(=O)C(F)(F)F)C(N)=O. The Morgan fingerprint density at radius 3 is 1.94 bits per heavy atom. The molecule has 0 aromatic rings. The number of nitrogens with two attached hydrogens (primary N) is 1. The number of carbonyl (C=O) groups excluding carboxylic acids is 2. The molecule has 3 N–H and O–H groups in total. The Balaban J connectivity index is 4.60. The third-order valence-corrected chi connectivity index (χ3v) is 1.72. The molecule has 1 atom stereocenters. The Labute approximate surface area is 91.4 Å². The van der Waals surface area contributed by atoms with Crippen molar-refractivity contribution >= 4 is 11.8 Å². The molecule has 0 aliphatic rings. The number of amides is 2. The molecule has 0 heterocycles. The van der Waals surface area contributed by atoms with Gasteiger partial charge in [-0.3, -0.25) is 9.59 Å². The zero-order chi connectivity index (χ0) is 13.1. The van der Waals surface area contributed by atoms with Crippen molar-refractivity contribution in [2.45, 2.75) is 39.4 Å². The maximum absolute atomic E-state index is 11.9. The van der Waals surface area contributed by atoms with Gasteiger partial charge in [0.15, 0.2) is 0 Å². The zero-order valence-electron chi connectivity index (χ0n) is 9.31. The van der Waals surface area contributed by atoms with Gasteiger partial charge >= 0.3 is 12.1 Å². The molecule has 0 aliphatic carbocycles. The Morgan fingerprint density at radius 2 is 1.69 bits per heavy atom. The molecule has 0 aromatic carbocycles. The Bertz CT molecular complexity index is 281. The minimum atomic E-state index is -5.01. The van der Waals surface area contributed by atoms with E-state index in [0.29, 0.717) is 0 Å². The minimum Gasteiger partial charge on any atom is -0.368 e. The molecule has 94 valence electrons. The van der Waals surface area contributed by atoms with Crippen LogP contribution in [0.5, 0.6) is 0 Å². The van der Waals surface area contributed by atoms with Crippen LogP contribution in [0.1, 0.15) is 27.2 Å². The van der Waals surface area contributed by atoms with E-state index >= 15 is 0 Å². The van der Waals surface area contributed by atoms with Crippen LogP contribution in [-0.2, 0) is 9.59 Å². The zero-order valence-corrected chi connectivity index (χ0v) is 9.31. The van der Waals surface area contributed by atoms with Gasteiger partial charge in [0.05, 0.1) is 0 Å². The van der Waals surface area contributed by atoms with Gasteiger partial charge in [-0.25, -0.2) is 0 Å². The number of carbonyl (C=O) groups is 2. The van der Waals surface area contributed by atoms with Crippen LogP contribution in [0.4, 0.5) is 13.2 Å². The molecule has 0 rings (SSSR count). The van der Waals surface area contributed by atoms with E-state index in [9.17, 15) is 22.8 Å². The van der Waals surface area contributed by atoms with Gasteiger partial charge in [-0.2, -0.15) is 13.2 Å². The van der Waals surface area contributed by atoms with E-state index in [1.165, 1.54) is 0 Å². The molecule has 0 aliphatic heterocycles. The van der Waals surface area contributed by atoms with Crippen LogP contribution < -0.4 is 11.1 Å². The van der Waals surface area contributed by atoms with Crippen molar-refractivity contribution in [2.75, 3.05) is 0 Å². The summed E-state index contributed by atoms with van der Waals surface area (Å²) in [5, 5.41) is 1.57. The summed E-state index contributed by atoms with van der Waals surface area (Å²) in [4.78, 5) is 21.5. The summed E-state index contributed by atoms with van der Waals surface area (Å²) in [5.41, 5.74) is 4.50. The average Bonchev–Trinajstić information content (AvgIpc) is 1.98. The number of halogens is 3. The standard InChI is InChI=1S/C9H15F3N2O2/c1-8(2,3)4-5(6(13)15)14-7(16)9(10,11)12/h5H,4H2,1-3H3,(H2,13,15)(H,14,16)/t5-/m1/s1. The summed E-state index contributed by atoms with van der Waals surface area (Å²) in [7, 11) is 0. The lowest BCUT2D eigenvalue weighted by Crippen LogP contribution is -2.50. The van der Waals surface area contributed by atoms with Crippen LogP contribution in [0, 0.1) is 5.41 Å². The van der Waals surface area contributed by atoms with Gasteiger partial charge in [0.25, 0.3) is 0 Å². The van der Waals surface area contributed by atoms with Crippen LogP contribution >= 0.6 is 0 Å². The van der Waals surface area contributed by atoms with Gasteiger partial charge in [-0.05, 0) is 11.8 Å². The van der Waals surface area contributed by atoms with E-state index in [4.69, 9.17) is 5.73 Å². The summed E-state index contributed by atoms with van der Waals surface area (Å²) in [5.74, 6) is -3.13. The molecular weight excluding hydrogens is 225 g/mol. The van der Waals surface area contributed by atoms with Gasteiger partial charge in [-0.15, -0.1) is 0 Å². The largest absolute Gasteiger partial charge is 0.471 e. The predicted molar refractivity (Wildman–Crippen MR) is 51.3 cm³/mol. The lowest BCUT2D eigenvalue weighted by Gasteiger charge is -2.24. The third kappa shape index (κ3) is 5.57. The summed E-state index contributed by atoms with van der Waals surface area (Å²) in [6.45, 7) is 5.17. The van der Waals surface area contributed by atoms with Crippen molar-refractivity contribution in [3.8, 4) is 0 Å². The Morgan fingerprint density at radius 1 is 1.25 bits per heavy atom. The quantitative estimate of drug-likeness (QED) is 0.771. The minimum absolute atomic E-state index is 0.0458. The molecule has 0 aromatic heterocycles. The molecule has 4 nitrogen and oxygen atoms in total. The van der Waals surface area contributed by atoms with Gasteiger partial charge in [0.2, 0.25) is 5.91 Å². The number of primary amides is 1. The van der Waals surface area contributed by atoms with Crippen molar-refractivity contribution in [3.05, 3.63) is 0 Å². The number of rotatable bonds is 3. The fraction of sp³-hybridized carbons (Fsp3) is 0.778. The second kappa shape index (κ2) is 4.71. The molecule has 2 amide bonds. The van der Waals surface area contributed by atoms with Crippen LogP contribution in [0.25, 0.3) is 0 Å². The van der Waals surface area contributed by atoms with Crippen molar-refractivity contribution in [1.82, 2.24) is 5.32 Å². The molecule has 0 radical (unpaired) electrons. The molecule has 0 unspecified atom stereocenters. The first-order chi connectivity index (χ1) is 6.93. The van der Waals surface area contributed by atoms with E-state index < -0.39 is 29.4 Å². The number of alkyl halides is 3. The van der Waals surface area contributed by atoms with Gasteiger partial charge < -0.3 is 11.1 Å². The molecule has 0 fully saturated rings. The first-order valence-electron chi connectivity index (χ1n) is 4.60. The number of hydrogen-bond donors (Lipinski definition) is 2. The fourth-order valence-corrected chi connectivity index (χ4v) is 1.08. The molecular formula is C9H15F3N2O2. The maximum atomic E-state index is 11.9. The van der Waals surface area contributed by atoms with E-state index in [2.05, 4.69) is 0 Å². The van der Waals surface area contributed by atoms with E-state index in [1.807, 2.05) is 0 Å². The van der Waals surface area contributed by atoms with E-state index in [1.54, 1.807) is 26.1 Å². The summed E-state index contributed by atoms with van der Waals surface area (Å²) in [6, 6.07) is -1.31. The smallest absolute Gasteiger partial charge is 0.368 e. The normalized spacial score (nSPS) is 14.4. The molecule has 7 heteroatoms. The van der Waals surface area contributed by atoms with Gasteiger partial charge in [0, 0.05) is 0 Å². The number of nitrogens with one attached hydrogen (secondary N) is 1. The lowest BCUT2D eigenvalue weighted by molar-refractivity contribution is -0.174. The summed E-state index contributed by atoms with van der Waals surface area (Å²) < 4.78 is 35.8. The molecule has 16 heavy (non-hydrogen) atoms. The highest BCUT2D eigenvalue weighted by atomic mass is 19.4. The van der Waals surface area contributed by atoms with Crippen molar-refractivity contribution in [1.29, 1.82) is 0 Å². The average molecular weight is 240 g/mol. The Kier molecular flexibility index (Phi) is 4.34. The molecule has 0 saturated carbocycles. The second-order valence-corrected chi connectivity index (χ2v) is 4.69. The third-order valence-electron chi connectivity index (χ3n) is 1.72.